The van der Waals surface area contributed by atoms with Gasteiger partial charge in [0.15, 0.2) is 0 Å². The number of nitrogens with one attached hydrogen (secondary N) is 1. The average molecular weight is 249 g/mol. The zero-order chi connectivity index (χ0) is 12.3. The lowest BCUT2D eigenvalue weighted by molar-refractivity contribution is 0.559. The zero-order valence-corrected chi connectivity index (χ0v) is 11.4. The zero-order valence-electron chi connectivity index (χ0n) is 10.6. The Balaban J connectivity index is 2.12. The van der Waals surface area contributed by atoms with Gasteiger partial charge in [-0.2, -0.15) is 0 Å². The quantitative estimate of drug-likeness (QED) is 0.882. The van der Waals surface area contributed by atoms with Crippen molar-refractivity contribution in [3.8, 4) is 0 Å². The first-order valence-electron chi connectivity index (χ1n) is 5.95. The standard InChI is InChI=1S/C13H19N3S/c1-4-10-5-6-11(17-10)7-12(14-2)13-8-15-9-16(13)3/h5-6,8-9,12,14H,4,7H2,1-3H3. The summed E-state index contributed by atoms with van der Waals surface area (Å²) in [5.41, 5.74) is 1.24. The van der Waals surface area contributed by atoms with E-state index in [1.165, 1.54) is 15.4 Å². The number of nitrogens with zero attached hydrogens (tertiary/aromatic N) is 2. The number of aromatic nitrogens is 2. The topological polar surface area (TPSA) is 29.9 Å². The van der Waals surface area contributed by atoms with Crippen LogP contribution in [0.1, 0.15) is 28.4 Å². The number of imidazole rings is 1. The van der Waals surface area contributed by atoms with Crippen molar-refractivity contribution in [2.45, 2.75) is 25.8 Å². The van der Waals surface area contributed by atoms with Gasteiger partial charge in [0.2, 0.25) is 0 Å². The van der Waals surface area contributed by atoms with Crippen LogP contribution in [0, 0.1) is 0 Å². The Morgan fingerprint density at radius 2 is 2.18 bits per heavy atom. The summed E-state index contributed by atoms with van der Waals surface area (Å²) in [7, 11) is 4.05. The van der Waals surface area contributed by atoms with E-state index < -0.39 is 0 Å². The van der Waals surface area contributed by atoms with Gasteiger partial charge in [0.1, 0.15) is 0 Å². The molecule has 2 rings (SSSR count). The van der Waals surface area contributed by atoms with Gasteiger partial charge in [0, 0.05) is 29.4 Å². The van der Waals surface area contributed by atoms with E-state index in [9.17, 15) is 0 Å². The number of aryl methyl sites for hydroxylation is 2. The maximum Gasteiger partial charge on any atom is 0.0946 e. The van der Waals surface area contributed by atoms with E-state index in [4.69, 9.17) is 0 Å². The molecule has 1 atom stereocenters. The largest absolute Gasteiger partial charge is 0.336 e. The molecule has 0 aliphatic carbocycles. The van der Waals surface area contributed by atoms with Gasteiger partial charge < -0.3 is 9.88 Å². The number of rotatable bonds is 5. The smallest absolute Gasteiger partial charge is 0.0946 e. The van der Waals surface area contributed by atoms with E-state index in [2.05, 4.69) is 33.9 Å². The maximum atomic E-state index is 4.18. The van der Waals surface area contributed by atoms with Crippen molar-refractivity contribution in [2.75, 3.05) is 7.05 Å². The van der Waals surface area contributed by atoms with E-state index in [1.807, 2.05) is 38.0 Å². The highest BCUT2D eigenvalue weighted by Crippen LogP contribution is 2.23. The van der Waals surface area contributed by atoms with Crippen LogP contribution in [0.3, 0.4) is 0 Å². The minimum Gasteiger partial charge on any atom is -0.336 e. The molecule has 1 unspecified atom stereocenters. The number of likely N-dealkylation sites (N-methyl/N-ethyl adjacent to an activating group) is 1. The molecule has 3 nitrogen and oxygen atoms in total. The molecule has 0 aliphatic rings. The van der Waals surface area contributed by atoms with Gasteiger partial charge in [-0.25, -0.2) is 4.98 Å². The van der Waals surface area contributed by atoms with Crippen LogP contribution in [0.4, 0.5) is 0 Å². The van der Waals surface area contributed by atoms with E-state index in [1.54, 1.807) is 0 Å². The molecule has 0 aromatic carbocycles. The molecular weight excluding hydrogens is 230 g/mol. The molecule has 0 bridgehead atoms. The molecule has 92 valence electrons. The lowest BCUT2D eigenvalue weighted by Gasteiger charge is -2.15. The van der Waals surface area contributed by atoms with Crippen molar-refractivity contribution in [2.24, 2.45) is 7.05 Å². The van der Waals surface area contributed by atoms with Crippen LogP contribution in [-0.2, 0) is 19.9 Å². The molecule has 0 saturated heterocycles. The molecule has 2 heterocycles. The number of thiophene rings is 1. The fraction of sp³-hybridized carbons (Fsp3) is 0.462. The van der Waals surface area contributed by atoms with Crippen molar-refractivity contribution in [1.82, 2.24) is 14.9 Å². The first-order valence-corrected chi connectivity index (χ1v) is 6.77. The summed E-state index contributed by atoms with van der Waals surface area (Å²) in [6.07, 6.45) is 5.95. The average Bonchev–Trinajstić information content (AvgIpc) is 2.95. The first-order chi connectivity index (χ1) is 8.24. The number of hydrogen-bond acceptors (Lipinski definition) is 3. The molecule has 0 aliphatic heterocycles. The third kappa shape index (κ3) is 2.76. The third-order valence-corrected chi connectivity index (χ3v) is 4.28. The second-order valence-electron chi connectivity index (χ2n) is 4.20. The van der Waals surface area contributed by atoms with Gasteiger partial charge >= 0.3 is 0 Å². The van der Waals surface area contributed by atoms with Crippen molar-refractivity contribution < 1.29 is 0 Å². The molecule has 17 heavy (non-hydrogen) atoms. The summed E-state index contributed by atoms with van der Waals surface area (Å²) in [5.74, 6) is 0. The normalized spacial score (nSPS) is 12.9. The molecular formula is C13H19N3S. The van der Waals surface area contributed by atoms with Crippen LogP contribution in [0.25, 0.3) is 0 Å². The molecule has 0 spiro atoms. The van der Waals surface area contributed by atoms with Gasteiger partial charge in [0.25, 0.3) is 0 Å². The second kappa shape index (κ2) is 5.47. The summed E-state index contributed by atoms with van der Waals surface area (Å²) >= 11 is 1.91. The lowest BCUT2D eigenvalue weighted by Crippen LogP contribution is -2.20. The van der Waals surface area contributed by atoms with Gasteiger partial charge in [-0.05, 0) is 25.6 Å². The van der Waals surface area contributed by atoms with Crippen LogP contribution in [0.5, 0.6) is 0 Å². The molecule has 0 radical (unpaired) electrons. The van der Waals surface area contributed by atoms with E-state index in [-0.39, 0.29) is 0 Å². The minimum absolute atomic E-state index is 0.339. The Morgan fingerprint density at radius 1 is 1.41 bits per heavy atom. The summed E-state index contributed by atoms with van der Waals surface area (Å²) < 4.78 is 2.08. The molecule has 0 fully saturated rings. The summed E-state index contributed by atoms with van der Waals surface area (Å²) in [6.45, 7) is 2.20. The monoisotopic (exact) mass is 249 g/mol. The van der Waals surface area contributed by atoms with Crippen molar-refractivity contribution >= 4 is 11.3 Å². The molecule has 1 N–H and O–H groups in total. The first kappa shape index (κ1) is 12.3. The molecule has 0 saturated carbocycles. The fourth-order valence-electron chi connectivity index (χ4n) is 1.98. The summed E-state index contributed by atoms with van der Waals surface area (Å²) in [5, 5.41) is 3.37. The molecule has 0 amide bonds. The van der Waals surface area contributed by atoms with E-state index >= 15 is 0 Å². The Hall–Kier alpha value is -1.13. The van der Waals surface area contributed by atoms with Crippen molar-refractivity contribution in [3.63, 3.8) is 0 Å². The molecule has 2 aromatic rings. The van der Waals surface area contributed by atoms with Gasteiger partial charge in [-0.15, -0.1) is 11.3 Å². The third-order valence-electron chi connectivity index (χ3n) is 3.03. The SMILES string of the molecule is CCc1ccc(CC(NC)c2cncn2C)s1. The van der Waals surface area contributed by atoms with Crippen LogP contribution in [0.2, 0.25) is 0 Å². The predicted octanol–water partition coefficient (Wildman–Crippen LogP) is 2.55. The fourth-order valence-corrected chi connectivity index (χ4v) is 2.98. The number of hydrogen-bond donors (Lipinski definition) is 1. The summed E-state index contributed by atoms with van der Waals surface area (Å²) in [6, 6.07) is 4.81. The molecule has 4 heteroatoms. The van der Waals surface area contributed by atoms with Gasteiger partial charge in [-0.1, -0.05) is 6.92 Å². The van der Waals surface area contributed by atoms with Gasteiger partial charge in [0.05, 0.1) is 18.1 Å². The Morgan fingerprint density at radius 3 is 2.71 bits per heavy atom. The van der Waals surface area contributed by atoms with Crippen molar-refractivity contribution in [3.05, 3.63) is 40.1 Å². The highest BCUT2D eigenvalue weighted by molar-refractivity contribution is 7.11. The van der Waals surface area contributed by atoms with E-state index in [0.29, 0.717) is 6.04 Å². The molecule has 2 aromatic heterocycles. The second-order valence-corrected chi connectivity index (χ2v) is 5.45. The van der Waals surface area contributed by atoms with E-state index in [0.717, 1.165) is 12.8 Å². The van der Waals surface area contributed by atoms with Gasteiger partial charge in [-0.3, -0.25) is 0 Å². The van der Waals surface area contributed by atoms with Crippen LogP contribution < -0.4 is 5.32 Å². The van der Waals surface area contributed by atoms with Crippen molar-refractivity contribution in [1.29, 1.82) is 0 Å². The Kier molecular flexibility index (Phi) is 3.97. The Bertz CT molecular complexity index is 472. The minimum atomic E-state index is 0.339. The maximum absolute atomic E-state index is 4.18. The Labute approximate surface area is 107 Å². The lowest BCUT2D eigenvalue weighted by atomic mass is 10.1. The predicted molar refractivity (Wildman–Crippen MR) is 72.4 cm³/mol. The van der Waals surface area contributed by atoms with Crippen LogP contribution in [-0.4, -0.2) is 16.6 Å². The highest BCUT2D eigenvalue weighted by Gasteiger charge is 2.14. The highest BCUT2D eigenvalue weighted by atomic mass is 32.1. The van der Waals surface area contributed by atoms with Crippen LogP contribution >= 0.6 is 11.3 Å². The summed E-state index contributed by atoms with van der Waals surface area (Å²) in [4.78, 5) is 7.07. The van der Waals surface area contributed by atoms with Crippen LogP contribution in [0.15, 0.2) is 24.7 Å².